The number of hydrogen-bond donors (Lipinski definition) is 1. The van der Waals surface area contributed by atoms with Crippen molar-refractivity contribution < 1.29 is 18.7 Å². The molecule has 0 aliphatic rings. The van der Waals surface area contributed by atoms with Gasteiger partial charge in [0.1, 0.15) is 18.1 Å². The molecule has 0 aliphatic carbocycles. The highest BCUT2D eigenvalue weighted by atomic mass is 19.1. The van der Waals surface area contributed by atoms with Crippen LogP contribution in [-0.4, -0.2) is 22.9 Å². The molecule has 1 amide bonds. The lowest BCUT2D eigenvalue weighted by Crippen LogP contribution is -2.20. The molecule has 0 aliphatic heterocycles. The van der Waals surface area contributed by atoms with Crippen molar-refractivity contribution in [3.05, 3.63) is 71.7 Å². The van der Waals surface area contributed by atoms with E-state index in [2.05, 4.69) is 5.32 Å². The summed E-state index contributed by atoms with van der Waals surface area (Å²) in [7, 11) is 0. The molecule has 150 valence electrons. The van der Waals surface area contributed by atoms with Gasteiger partial charge in [0.25, 0.3) is 0 Å². The SMILES string of the molecule is CCOc1ccc(NC(=O)Cn2c(-c3ccc(F)cc3)cc(C(C)=O)c2C)cc1. The average Bonchev–Trinajstić information content (AvgIpc) is 3.01. The van der Waals surface area contributed by atoms with Crippen molar-refractivity contribution >= 4 is 17.4 Å². The first-order valence-electron chi connectivity index (χ1n) is 9.38. The molecule has 0 bridgehead atoms. The Kier molecular flexibility index (Phi) is 6.12. The number of carbonyl (C=O) groups is 2. The summed E-state index contributed by atoms with van der Waals surface area (Å²) in [6, 6.07) is 14.8. The number of ether oxygens (including phenoxy) is 1. The Balaban J connectivity index is 1.86. The summed E-state index contributed by atoms with van der Waals surface area (Å²) < 4.78 is 20.5. The van der Waals surface area contributed by atoms with Gasteiger partial charge >= 0.3 is 0 Å². The van der Waals surface area contributed by atoms with E-state index < -0.39 is 0 Å². The van der Waals surface area contributed by atoms with Crippen LogP contribution in [0.15, 0.2) is 54.6 Å². The van der Waals surface area contributed by atoms with Gasteiger partial charge in [-0.05, 0) is 80.9 Å². The first kappa shape index (κ1) is 20.3. The predicted molar refractivity (Wildman–Crippen MR) is 111 cm³/mol. The Morgan fingerprint density at radius 1 is 1.07 bits per heavy atom. The molecule has 29 heavy (non-hydrogen) atoms. The van der Waals surface area contributed by atoms with Crippen LogP contribution in [0.1, 0.15) is 29.9 Å². The summed E-state index contributed by atoms with van der Waals surface area (Å²) in [5.74, 6) is 0.0721. The van der Waals surface area contributed by atoms with E-state index in [1.807, 2.05) is 6.92 Å². The van der Waals surface area contributed by atoms with Crippen LogP contribution in [0.2, 0.25) is 0 Å². The van der Waals surface area contributed by atoms with Crippen molar-refractivity contribution in [2.24, 2.45) is 0 Å². The van der Waals surface area contributed by atoms with Crippen molar-refractivity contribution in [3.8, 4) is 17.0 Å². The van der Waals surface area contributed by atoms with Gasteiger partial charge in [0.05, 0.1) is 6.61 Å². The summed E-state index contributed by atoms with van der Waals surface area (Å²) in [5.41, 5.74) is 3.31. The highest BCUT2D eigenvalue weighted by Gasteiger charge is 2.18. The Morgan fingerprint density at radius 2 is 1.72 bits per heavy atom. The summed E-state index contributed by atoms with van der Waals surface area (Å²) in [5, 5.41) is 2.85. The Morgan fingerprint density at radius 3 is 2.31 bits per heavy atom. The molecule has 3 aromatic rings. The number of aromatic nitrogens is 1. The minimum absolute atomic E-state index is 0.0268. The van der Waals surface area contributed by atoms with Crippen LogP contribution in [0.25, 0.3) is 11.3 Å². The first-order chi connectivity index (χ1) is 13.9. The third-order valence-corrected chi connectivity index (χ3v) is 4.64. The second-order valence-electron chi connectivity index (χ2n) is 6.68. The molecule has 1 heterocycles. The zero-order chi connectivity index (χ0) is 21.0. The van der Waals surface area contributed by atoms with Gasteiger partial charge in [-0.1, -0.05) is 0 Å². The fourth-order valence-electron chi connectivity index (χ4n) is 3.21. The Hall–Kier alpha value is -3.41. The van der Waals surface area contributed by atoms with Crippen LogP contribution >= 0.6 is 0 Å². The number of amides is 1. The molecule has 2 aromatic carbocycles. The van der Waals surface area contributed by atoms with Crippen molar-refractivity contribution in [2.45, 2.75) is 27.3 Å². The maximum Gasteiger partial charge on any atom is 0.244 e. The van der Waals surface area contributed by atoms with Crippen LogP contribution in [0, 0.1) is 12.7 Å². The number of Topliss-reactive ketones (excluding diaryl/α,β-unsaturated/α-hetero) is 1. The van der Waals surface area contributed by atoms with Crippen LogP contribution in [0.5, 0.6) is 5.75 Å². The third kappa shape index (κ3) is 4.71. The molecule has 0 spiro atoms. The van der Waals surface area contributed by atoms with Gasteiger partial charge in [0.2, 0.25) is 5.91 Å². The molecule has 0 saturated heterocycles. The van der Waals surface area contributed by atoms with Crippen molar-refractivity contribution in [1.29, 1.82) is 0 Å². The number of rotatable bonds is 7. The monoisotopic (exact) mass is 394 g/mol. The zero-order valence-electron chi connectivity index (χ0n) is 16.7. The molecule has 0 fully saturated rings. The summed E-state index contributed by atoms with van der Waals surface area (Å²) in [6.45, 7) is 5.79. The quantitative estimate of drug-likeness (QED) is 0.583. The van der Waals surface area contributed by atoms with Crippen LogP contribution in [0.4, 0.5) is 10.1 Å². The van der Waals surface area contributed by atoms with Gasteiger partial charge in [-0.15, -0.1) is 0 Å². The number of nitrogens with one attached hydrogen (secondary N) is 1. The summed E-state index contributed by atoms with van der Waals surface area (Å²) in [4.78, 5) is 24.6. The fourth-order valence-corrected chi connectivity index (χ4v) is 3.21. The standard InChI is InChI=1S/C23H23FN2O3/c1-4-29-20-11-9-19(10-12-20)25-23(28)14-26-15(2)21(16(3)27)13-22(26)17-5-7-18(24)8-6-17/h5-13H,4,14H2,1-3H3,(H,25,28). The molecule has 3 rings (SSSR count). The summed E-state index contributed by atoms with van der Waals surface area (Å²) >= 11 is 0. The van der Waals surface area contributed by atoms with E-state index in [0.29, 0.717) is 29.2 Å². The number of hydrogen-bond acceptors (Lipinski definition) is 3. The molecule has 6 heteroatoms. The van der Waals surface area contributed by atoms with Gasteiger partial charge in [-0.2, -0.15) is 0 Å². The van der Waals surface area contributed by atoms with E-state index in [0.717, 1.165) is 11.3 Å². The molecule has 0 radical (unpaired) electrons. The number of carbonyl (C=O) groups excluding carboxylic acids is 2. The van der Waals surface area contributed by atoms with Gasteiger partial charge in [-0.3, -0.25) is 9.59 Å². The van der Waals surface area contributed by atoms with E-state index >= 15 is 0 Å². The molecule has 1 N–H and O–H groups in total. The van der Waals surface area contributed by atoms with Crippen molar-refractivity contribution in [3.63, 3.8) is 0 Å². The molecule has 0 saturated carbocycles. The molecule has 0 atom stereocenters. The lowest BCUT2D eigenvalue weighted by Gasteiger charge is -2.13. The molecule has 1 aromatic heterocycles. The van der Waals surface area contributed by atoms with Gasteiger partial charge in [-0.25, -0.2) is 4.39 Å². The lowest BCUT2D eigenvalue weighted by atomic mass is 10.1. The zero-order valence-corrected chi connectivity index (χ0v) is 16.7. The second-order valence-corrected chi connectivity index (χ2v) is 6.68. The highest BCUT2D eigenvalue weighted by Crippen LogP contribution is 2.27. The minimum Gasteiger partial charge on any atom is -0.494 e. The Labute approximate surface area is 169 Å². The first-order valence-corrected chi connectivity index (χ1v) is 9.38. The van der Waals surface area contributed by atoms with Crippen molar-refractivity contribution in [2.75, 3.05) is 11.9 Å². The normalized spacial score (nSPS) is 10.6. The highest BCUT2D eigenvalue weighted by molar-refractivity contribution is 5.97. The molecular weight excluding hydrogens is 371 g/mol. The maximum absolute atomic E-state index is 13.3. The molecule has 0 unspecified atom stereocenters. The van der Waals surface area contributed by atoms with E-state index in [-0.39, 0.29) is 24.1 Å². The second kappa shape index (κ2) is 8.73. The number of halogens is 1. The predicted octanol–water partition coefficient (Wildman–Crippen LogP) is 4.84. The number of anilines is 1. The summed E-state index contributed by atoms with van der Waals surface area (Å²) in [6.07, 6.45) is 0. The van der Waals surface area contributed by atoms with Crippen LogP contribution in [0.3, 0.4) is 0 Å². The van der Waals surface area contributed by atoms with Gasteiger partial charge in [0, 0.05) is 22.6 Å². The lowest BCUT2D eigenvalue weighted by molar-refractivity contribution is -0.116. The average molecular weight is 394 g/mol. The van der Waals surface area contributed by atoms with Crippen molar-refractivity contribution in [1.82, 2.24) is 4.57 Å². The largest absolute Gasteiger partial charge is 0.494 e. The van der Waals surface area contributed by atoms with Gasteiger partial charge < -0.3 is 14.6 Å². The number of benzene rings is 2. The van der Waals surface area contributed by atoms with E-state index in [1.54, 1.807) is 54.0 Å². The molecular formula is C23H23FN2O3. The van der Waals surface area contributed by atoms with E-state index in [9.17, 15) is 14.0 Å². The number of nitrogens with zero attached hydrogens (tertiary/aromatic N) is 1. The fraction of sp³-hybridized carbons (Fsp3) is 0.217. The minimum atomic E-state index is -0.344. The van der Waals surface area contributed by atoms with E-state index in [1.165, 1.54) is 19.1 Å². The maximum atomic E-state index is 13.3. The van der Waals surface area contributed by atoms with E-state index in [4.69, 9.17) is 4.74 Å². The van der Waals surface area contributed by atoms with Crippen LogP contribution < -0.4 is 10.1 Å². The smallest absolute Gasteiger partial charge is 0.244 e. The van der Waals surface area contributed by atoms with Crippen LogP contribution in [-0.2, 0) is 11.3 Å². The third-order valence-electron chi connectivity index (χ3n) is 4.64. The van der Waals surface area contributed by atoms with Gasteiger partial charge in [0.15, 0.2) is 5.78 Å². The number of ketones is 1. The topological polar surface area (TPSA) is 60.3 Å². The molecule has 5 nitrogen and oxygen atoms in total. The Bertz CT molecular complexity index is 1020.